The number of hydrogen-bond donors (Lipinski definition) is 2. The first-order valence-corrected chi connectivity index (χ1v) is 6.90. The third kappa shape index (κ3) is 4.34. The monoisotopic (exact) mass is 298 g/mol. The van der Waals surface area contributed by atoms with Gasteiger partial charge in [0.1, 0.15) is 5.75 Å². The number of benzene rings is 2. The third-order valence-corrected chi connectivity index (χ3v) is 3.08. The Bertz CT molecular complexity index is 666. The van der Waals surface area contributed by atoms with Crippen LogP contribution in [0.25, 0.3) is 0 Å². The normalized spacial score (nSPS) is 10.0. The summed E-state index contributed by atoms with van der Waals surface area (Å²) in [5.74, 6) is -0.516. The molecular formula is C17H18N2O3. The molecule has 2 aromatic carbocycles. The minimum absolute atomic E-state index is 0.262. The molecule has 2 rings (SSSR count). The summed E-state index contributed by atoms with van der Waals surface area (Å²) in [6.07, 6.45) is 0. The lowest BCUT2D eigenvalue weighted by atomic mass is 10.1. The maximum absolute atomic E-state index is 12.2. The number of ether oxygens (including phenoxy) is 1. The lowest BCUT2D eigenvalue weighted by Gasteiger charge is -2.10. The number of nitrogens with one attached hydrogen (secondary N) is 1. The van der Waals surface area contributed by atoms with Crippen molar-refractivity contribution in [2.24, 2.45) is 5.73 Å². The van der Waals surface area contributed by atoms with Crippen LogP contribution in [0, 0.1) is 6.92 Å². The van der Waals surface area contributed by atoms with Gasteiger partial charge in [-0.05, 0) is 24.6 Å². The van der Waals surface area contributed by atoms with Crippen LogP contribution in [-0.4, -0.2) is 18.4 Å². The van der Waals surface area contributed by atoms with Gasteiger partial charge < -0.3 is 15.8 Å². The van der Waals surface area contributed by atoms with Crippen LogP contribution in [0.4, 0.5) is 0 Å². The van der Waals surface area contributed by atoms with E-state index < -0.39 is 5.91 Å². The molecule has 5 heteroatoms. The van der Waals surface area contributed by atoms with Gasteiger partial charge in [0.25, 0.3) is 11.8 Å². The Morgan fingerprint density at radius 1 is 1.09 bits per heavy atom. The van der Waals surface area contributed by atoms with Crippen molar-refractivity contribution < 1.29 is 14.3 Å². The Kier molecular flexibility index (Phi) is 5.14. The van der Waals surface area contributed by atoms with E-state index in [1.54, 1.807) is 24.3 Å². The van der Waals surface area contributed by atoms with E-state index in [4.69, 9.17) is 10.5 Å². The maximum Gasteiger partial charge on any atom is 0.255 e. The second-order valence-electron chi connectivity index (χ2n) is 4.92. The van der Waals surface area contributed by atoms with Gasteiger partial charge in [-0.3, -0.25) is 9.59 Å². The Labute approximate surface area is 129 Å². The van der Waals surface area contributed by atoms with Gasteiger partial charge in [0, 0.05) is 6.54 Å². The van der Waals surface area contributed by atoms with Gasteiger partial charge in [0.05, 0.1) is 5.56 Å². The van der Waals surface area contributed by atoms with E-state index in [1.807, 2.05) is 31.2 Å². The minimum Gasteiger partial charge on any atom is -0.483 e. The predicted molar refractivity (Wildman–Crippen MR) is 83.5 cm³/mol. The molecule has 2 aromatic rings. The van der Waals surface area contributed by atoms with Crippen molar-refractivity contribution in [1.29, 1.82) is 0 Å². The SMILES string of the molecule is Cc1ccc(CNC(=O)c2ccccc2OCC(N)=O)cc1. The highest BCUT2D eigenvalue weighted by molar-refractivity contribution is 5.97. The molecule has 0 spiro atoms. The second kappa shape index (κ2) is 7.26. The number of para-hydroxylation sites is 1. The Hall–Kier alpha value is -2.82. The quantitative estimate of drug-likeness (QED) is 0.853. The molecule has 0 atom stereocenters. The van der Waals surface area contributed by atoms with Crippen LogP contribution >= 0.6 is 0 Å². The molecule has 0 saturated heterocycles. The first-order valence-electron chi connectivity index (χ1n) is 6.90. The molecule has 0 aliphatic carbocycles. The van der Waals surface area contributed by atoms with Crippen LogP contribution in [0.2, 0.25) is 0 Å². The van der Waals surface area contributed by atoms with Gasteiger partial charge in [0.2, 0.25) is 0 Å². The van der Waals surface area contributed by atoms with Crippen molar-refractivity contribution >= 4 is 11.8 Å². The predicted octanol–water partition coefficient (Wildman–Crippen LogP) is 1.79. The molecule has 0 aromatic heterocycles. The lowest BCUT2D eigenvalue weighted by Crippen LogP contribution is -2.25. The minimum atomic E-state index is -0.588. The molecule has 0 saturated carbocycles. The van der Waals surface area contributed by atoms with Gasteiger partial charge >= 0.3 is 0 Å². The second-order valence-corrected chi connectivity index (χ2v) is 4.92. The first kappa shape index (κ1) is 15.6. The number of carbonyl (C=O) groups excluding carboxylic acids is 2. The van der Waals surface area contributed by atoms with Gasteiger partial charge in [-0.2, -0.15) is 0 Å². The van der Waals surface area contributed by atoms with Crippen molar-refractivity contribution in [3.63, 3.8) is 0 Å². The summed E-state index contributed by atoms with van der Waals surface area (Å²) in [4.78, 5) is 23.0. The highest BCUT2D eigenvalue weighted by Crippen LogP contribution is 2.17. The van der Waals surface area contributed by atoms with Gasteiger partial charge in [0.15, 0.2) is 6.61 Å². The smallest absolute Gasteiger partial charge is 0.255 e. The number of nitrogens with two attached hydrogens (primary N) is 1. The number of primary amides is 1. The van der Waals surface area contributed by atoms with Crippen LogP contribution in [0.1, 0.15) is 21.5 Å². The van der Waals surface area contributed by atoms with E-state index in [9.17, 15) is 9.59 Å². The van der Waals surface area contributed by atoms with E-state index in [-0.39, 0.29) is 12.5 Å². The Balaban J connectivity index is 2.02. The zero-order chi connectivity index (χ0) is 15.9. The largest absolute Gasteiger partial charge is 0.483 e. The summed E-state index contributed by atoms with van der Waals surface area (Å²) in [5.41, 5.74) is 7.60. The zero-order valence-electron chi connectivity index (χ0n) is 12.3. The number of carbonyl (C=O) groups is 2. The fraction of sp³-hybridized carbons (Fsp3) is 0.176. The number of rotatable bonds is 6. The first-order chi connectivity index (χ1) is 10.6. The summed E-state index contributed by atoms with van der Waals surface area (Å²) >= 11 is 0. The summed E-state index contributed by atoms with van der Waals surface area (Å²) < 4.78 is 5.25. The van der Waals surface area contributed by atoms with Crippen molar-refractivity contribution in [2.45, 2.75) is 13.5 Å². The third-order valence-electron chi connectivity index (χ3n) is 3.08. The van der Waals surface area contributed by atoms with Crippen LogP contribution < -0.4 is 15.8 Å². The molecule has 0 fully saturated rings. The van der Waals surface area contributed by atoms with Crippen LogP contribution in [-0.2, 0) is 11.3 Å². The van der Waals surface area contributed by atoms with Crippen molar-refractivity contribution in [3.05, 3.63) is 65.2 Å². The molecule has 0 aliphatic heterocycles. The van der Waals surface area contributed by atoms with E-state index in [0.29, 0.717) is 17.9 Å². The number of aryl methyl sites for hydroxylation is 1. The van der Waals surface area contributed by atoms with E-state index in [1.165, 1.54) is 5.56 Å². The standard InChI is InChI=1S/C17H18N2O3/c1-12-6-8-13(9-7-12)10-19-17(21)14-4-2-3-5-15(14)22-11-16(18)20/h2-9H,10-11H2,1H3,(H2,18,20)(H,19,21). The highest BCUT2D eigenvalue weighted by atomic mass is 16.5. The molecule has 0 aliphatic rings. The van der Waals surface area contributed by atoms with Crippen LogP contribution in [0.15, 0.2) is 48.5 Å². The summed E-state index contributed by atoms with van der Waals surface area (Å²) in [5, 5.41) is 2.83. The Morgan fingerprint density at radius 3 is 2.45 bits per heavy atom. The molecule has 0 unspecified atom stereocenters. The number of hydrogen-bond acceptors (Lipinski definition) is 3. The van der Waals surface area contributed by atoms with Crippen LogP contribution in [0.3, 0.4) is 0 Å². The molecule has 5 nitrogen and oxygen atoms in total. The van der Waals surface area contributed by atoms with E-state index in [2.05, 4.69) is 5.32 Å². The summed E-state index contributed by atoms with van der Waals surface area (Å²) in [6, 6.07) is 14.6. The zero-order valence-corrected chi connectivity index (χ0v) is 12.3. The summed E-state index contributed by atoms with van der Waals surface area (Å²) in [7, 11) is 0. The van der Waals surface area contributed by atoms with Gasteiger partial charge in [-0.1, -0.05) is 42.0 Å². The number of amides is 2. The molecule has 3 N–H and O–H groups in total. The molecule has 2 amide bonds. The molecule has 22 heavy (non-hydrogen) atoms. The molecule has 0 bridgehead atoms. The maximum atomic E-state index is 12.2. The Morgan fingerprint density at radius 2 is 1.77 bits per heavy atom. The van der Waals surface area contributed by atoms with E-state index in [0.717, 1.165) is 5.56 Å². The van der Waals surface area contributed by atoms with Gasteiger partial charge in [-0.25, -0.2) is 0 Å². The topological polar surface area (TPSA) is 81.4 Å². The molecular weight excluding hydrogens is 280 g/mol. The van der Waals surface area contributed by atoms with Crippen molar-refractivity contribution in [1.82, 2.24) is 5.32 Å². The van der Waals surface area contributed by atoms with Crippen LogP contribution in [0.5, 0.6) is 5.75 Å². The van der Waals surface area contributed by atoms with Gasteiger partial charge in [-0.15, -0.1) is 0 Å². The molecule has 114 valence electrons. The highest BCUT2D eigenvalue weighted by Gasteiger charge is 2.12. The lowest BCUT2D eigenvalue weighted by molar-refractivity contribution is -0.119. The average molecular weight is 298 g/mol. The summed E-state index contributed by atoms with van der Waals surface area (Å²) in [6.45, 7) is 2.17. The fourth-order valence-corrected chi connectivity index (χ4v) is 1.91. The fourth-order valence-electron chi connectivity index (χ4n) is 1.91. The van der Waals surface area contributed by atoms with Crippen molar-refractivity contribution in [2.75, 3.05) is 6.61 Å². The molecule has 0 heterocycles. The average Bonchev–Trinajstić information content (AvgIpc) is 2.52. The van der Waals surface area contributed by atoms with Crippen molar-refractivity contribution in [3.8, 4) is 5.75 Å². The molecule has 0 radical (unpaired) electrons. The van der Waals surface area contributed by atoms with E-state index >= 15 is 0 Å².